The zero-order chi connectivity index (χ0) is 40.8. The molecular formula is C42H72NO11P. The van der Waals surface area contributed by atoms with E-state index < -0.39 is 57.7 Å². The molecule has 0 rings (SSSR count). The van der Waals surface area contributed by atoms with Crippen LogP contribution >= 0.6 is 7.82 Å². The van der Waals surface area contributed by atoms with Gasteiger partial charge in [0.1, 0.15) is 12.6 Å². The van der Waals surface area contributed by atoms with Gasteiger partial charge in [-0.1, -0.05) is 146 Å². The Balaban J connectivity index is 4.61. The minimum absolute atomic E-state index is 0.0999. The average molecular weight is 798 g/mol. The number of allylic oxidation sites excluding steroid dienone is 8. The van der Waals surface area contributed by atoms with E-state index in [2.05, 4.69) is 42.7 Å². The van der Waals surface area contributed by atoms with E-state index in [9.17, 15) is 28.6 Å². The van der Waals surface area contributed by atoms with Gasteiger partial charge in [-0.3, -0.25) is 28.2 Å². The molecule has 0 fully saturated rings. The van der Waals surface area contributed by atoms with Crippen LogP contribution in [0.1, 0.15) is 162 Å². The van der Waals surface area contributed by atoms with Gasteiger partial charge in [-0.2, -0.15) is 0 Å². The first-order valence-corrected chi connectivity index (χ1v) is 22.1. The van der Waals surface area contributed by atoms with Gasteiger partial charge in [-0.25, -0.2) is 4.57 Å². The van der Waals surface area contributed by atoms with Crippen LogP contribution in [0.25, 0.3) is 0 Å². The summed E-state index contributed by atoms with van der Waals surface area (Å²) in [5.74, 6) is -2.83. The molecule has 1 unspecified atom stereocenters. The van der Waals surface area contributed by atoms with Crippen molar-refractivity contribution < 1.29 is 52.3 Å². The molecule has 0 aromatic carbocycles. The molecule has 0 saturated carbocycles. The summed E-state index contributed by atoms with van der Waals surface area (Å²) in [6.07, 6.45) is 36.2. The number of carbonyl (C=O) groups is 4. The predicted octanol–water partition coefficient (Wildman–Crippen LogP) is 9.79. The van der Waals surface area contributed by atoms with Crippen molar-refractivity contribution in [3.63, 3.8) is 0 Å². The highest BCUT2D eigenvalue weighted by atomic mass is 31.2. The lowest BCUT2D eigenvalue weighted by Crippen LogP contribution is -2.34. The highest BCUT2D eigenvalue weighted by Crippen LogP contribution is 2.43. The molecule has 0 aromatic rings. The van der Waals surface area contributed by atoms with E-state index in [1.165, 1.54) is 83.1 Å². The molecule has 0 aliphatic carbocycles. The first-order chi connectivity index (χ1) is 26.5. The smallest absolute Gasteiger partial charge is 0.472 e. The number of carboxylic acid groups (broad SMARTS) is 1. The molecule has 0 radical (unpaired) electrons. The number of hydrogen-bond donors (Lipinski definition) is 3. The Morgan fingerprint density at radius 1 is 0.618 bits per heavy atom. The second kappa shape index (κ2) is 36.7. The standard InChI is InChI=1S/C42H72NO11P/c1-3-5-7-9-11-13-15-17-19-21-23-25-27-30-37(44)31-29-33-41(46)54-38(35-52-55(49,50)53-36-39(43)42(47)48)34-51-40(45)32-28-26-24-22-20-18-16-14-12-10-8-6-4-2/h11,13,17,19,23,25,27,30,38-39H,3-10,12,14-16,18,20-22,24,26,28-29,31-36,43H2,1-2H3,(H,47,48)(H,49,50)/b13-11-,19-17-,25-23-,30-27+/t38-,39+/m1/s1. The van der Waals surface area contributed by atoms with Crippen LogP contribution in [0, 0.1) is 0 Å². The zero-order valence-electron chi connectivity index (χ0n) is 33.8. The number of phosphoric ester groups is 1. The van der Waals surface area contributed by atoms with Crippen LogP contribution in [-0.2, 0) is 42.3 Å². The molecule has 0 amide bonds. The summed E-state index contributed by atoms with van der Waals surface area (Å²) in [5, 5.41) is 8.87. The summed E-state index contributed by atoms with van der Waals surface area (Å²) in [5.41, 5.74) is 5.31. The van der Waals surface area contributed by atoms with E-state index in [0.717, 1.165) is 38.5 Å². The summed E-state index contributed by atoms with van der Waals surface area (Å²) < 4.78 is 32.4. The van der Waals surface area contributed by atoms with E-state index in [4.69, 9.17) is 24.8 Å². The summed E-state index contributed by atoms with van der Waals surface area (Å²) in [4.78, 5) is 58.0. The zero-order valence-corrected chi connectivity index (χ0v) is 34.6. The largest absolute Gasteiger partial charge is 0.480 e. The van der Waals surface area contributed by atoms with Gasteiger partial charge in [0.15, 0.2) is 11.9 Å². The maximum absolute atomic E-state index is 12.6. The normalized spacial score (nSPS) is 14.2. The lowest BCUT2D eigenvalue weighted by molar-refractivity contribution is -0.161. The molecule has 316 valence electrons. The number of ketones is 1. The predicted molar refractivity (Wildman–Crippen MR) is 217 cm³/mol. The third kappa shape index (κ3) is 36.5. The number of aliphatic carboxylic acids is 1. The molecule has 0 saturated heterocycles. The van der Waals surface area contributed by atoms with Crippen LogP contribution in [-0.4, -0.2) is 65.7 Å². The van der Waals surface area contributed by atoms with Crippen LogP contribution in [0.5, 0.6) is 0 Å². The van der Waals surface area contributed by atoms with Gasteiger partial charge in [0, 0.05) is 19.3 Å². The first kappa shape index (κ1) is 52.1. The quantitative estimate of drug-likeness (QED) is 0.0134. The van der Waals surface area contributed by atoms with E-state index in [0.29, 0.717) is 6.42 Å². The van der Waals surface area contributed by atoms with Crippen molar-refractivity contribution in [1.82, 2.24) is 0 Å². The van der Waals surface area contributed by atoms with E-state index in [1.807, 2.05) is 6.08 Å². The van der Waals surface area contributed by atoms with Crippen LogP contribution in [0.15, 0.2) is 48.6 Å². The summed E-state index contributed by atoms with van der Waals surface area (Å²) in [6.45, 7) is 2.51. The van der Waals surface area contributed by atoms with Crippen molar-refractivity contribution in [2.24, 2.45) is 5.73 Å². The van der Waals surface area contributed by atoms with E-state index in [-0.39, 0.29) is 31.5 Å². The molecule has 0 bridgehead atoms. The summed E-state index contributed by atoms with van der Waals surface area (Å²) >= 11 is 0. The van der Waals surface area contributed by atoms with Crippen molar-refractivity contribution in [2.75, 3.05) is 19.8 Å². The van der Waals surface area contributed by atoms with Crippen molar-refractivity contribution in [3.05, 3.63) is 48.6 Å². The van der Waals surface area contributed by atoms with Gasteiger partial charge in [0.2, 0.25) is 0 Å². The number of esters is 2. The fourth-order valence-corrected chi connectivity index (χ4v) is 6.03. The van der Waals surface area contributed by atoms with Crippen molar-refractivity contribution in [3.8, 4) is 0 Å². The molecule has 3 atom stereocenters. The molecule has 12 nitrogen and oxygen atoms in total. The molecule has 13 heteroatoms. The number of rotatable bonds is 38. The average Bonchev–Trinajstić information content (AvgIpc) is 3.15. The van der Waals surface area contributed by atoms with Gasteiger partial charge < -0.3 is 25.2 Å². The van der Waals surface area contributed by atoms with Crippen LogP contribution in [0.2, 0.25) is 0 Å². The lowest BCUT2D eigenvalue weighted by atomic mass is 10.0. The van der Waals surface area contributed by atoms with Gasteiger partial charge in [0.25, 0.3) is 0 Å². The second-order valence-electron chi connectivity index (χ2n) is 13.8. The Kier molecular flexibility index (Phi) is 34.8. The minimum atomic E-state index is -4.78. The molecule has 55 heavy (non-hydrogen) atoms. The number of nitrogens with two attached hydrogens (primary N) is 1. The van der Waals surface area contributed by atoms with E-state index >= 15 is 0 Å². The number of carbonyl (C=O) groups excluding carboxylic acids is 3. The lowest BCUT2D eigenvalue weighted by Gasteiger charge is -2.20. The summed E-state index contributed by atoms with van der Waals surface area (Å²) in [6, 6.07) is -1.56. The maximum atomic E-state index is 12.6. The molecule has 0 heterocycles. The van der Waals surface area contributed by atoms with Crippen LogP contribution < -0.4 is 5.73 Å². The van der Waals surface area contributed by atoms with Gasteiger partial charge in [-0.15, -0.1) is 0 Å². The van der Waals surface area contributed by atoms with Gasteiger partial charge >= 0.3 is 25.7 Å². The van der Waals surface area contributed by atoms with Gasteiger partial charge in [-0.05, 0) is 44.6 Å². The highest BCUT2D eigenvalue weighted by Gasteiger charge is 2.28. The third-order valence-electron chi connectivity index (χ3n) is 8.56. The van der Waals surface area contributed by atoms with Crippen molar-refractivity contribution in [2.45, 2.75) is 174 Å². The number of ether oxygens (including phenoxy) is 2. The third-order valence-corrected chi connectivity index (χ3v) is 9.51. The summed E-state index contributed by atoms with van der Waals surface area (Å²) in [7, 11) is -4.78. The molecular weight excluding hydrogens is 725 g/mol. The van der Waals surface area contributed by atoms with Crippen LogP contribution in [0.4, 0.5) is 0 Å². The number of unbranched alkanes of at least 4 members (excludes halogenated alkanes) is 15. The van der Waals surface area contributed by atoms with Crippen LogP contribution in [0.3, 0.4) is 0 Å². The first-order valence-electron chi connectivity index (χ1n) is 20.6. The highest BCUT2D eigenvalue weighted by molar-refractivity contribution is 7.47. The topological polar surface area (TPSA) is 189 Å². The van der Waals surface area contributed by atoms with Crippen molar-refractivity contribution in [1.29, 1.82) is 0 Å². The minimum Gasteiger partial charge on any atom is -0.480 e. The molecule has 0 aliphatic rings. The Labute approximate surface area is 331 Å². The maximum Gasteiger partial charge on any atom is 0.472 e. The fourth-order valence-electron chi connectivity index (χ4n) is 5.25. The molecule has 0 aromatic heterocycles. The Morgan fingerprint density at radius 3 is 1.76 bits per heavy atom. The monoisotopic (exact) mass is 797 g/mol. The SMILES string of the molecule is CCCCC/C=C\C/C=C\C/C=C\C=C\C(=O)CCCC(=O)O[C@H](COC(=O)CCCCCCCCCCCCCCC)COP(=O)(O)OC[C@H](N)C(=O)O. The van der Waals surface area contributed by atoms with E-state index in [1.54, 1.807) is 12.2 Å². The Hall–Kier alpha value is -2.89. The number of carboxylic acids is 1. The molecule has 4 N–H and O–H groups in total. The second-order valence-corrected chi connectivity index (χ2v) is 15.3. The molecule has 0 spiro atoms. The molecule has 0 aliphatic heterocycles. The Bertz CT molecular complexity index is 1180. The fraction of sp³-hybridized carbons (Fsp3) is 0.714. The number of hydrogen-bond acceptors (Lipinski definition) is 10. The Morgan fingerprint density at radius 2 is 1.15 bits per heavy atom. The number of phosphoric acid groups is 1. The van der Waals surface area contributed by atoms with Gasteiger partial charge in [0.05, 0.1) is 13.2 Å². The van der Waals surface area contributed by atoms with Crippen molar-refractivity contribution >= 4 is 31.5 Å².